The fraction of sp³-hybridized carbons (Fsp3) is 0.333. The third kappa shape index (κ3) is 2.74. The number of benzene rings is 1. The van der Waals surface area contributed by atoms with Gasteiger partial charge in [0.25, 0.3) is 5.69 Å². The van der Waals surface area contributed by atoms with Crippen molar-refractivity contribution >= 4 is 21.6 Å². The molecule has 3 N–H and O–H groups in total. The first-order valence-electron chi connectivity index (χ1n) is 4.39. The highest BCUT2D eigenvalue weighted by Crippen LogP contribution is 2.32. The van der Waals surface area contributed by atoms with Gasteiger partial charge in [0.05, 0.1) is 11.0 Å². The molecule has 0 fully saturated rings. The second kappa shape index (κ2) is 5.20. The molecule has 0 aromatic heterocycles. The van der Waals surface area contributed by atoms with Crippen molar-refractivity contribution in [3.8, 4) is 0 Å². The van der Waals surface area contributed by atoms with Gasteiger partial charge < -0.3 is 10.8 Å². The highest BCUT2D eigenvalue weighted by atomic mass is 79.9. The molecule has 0 saturated carbocycles. The van der Waals surface area contributed by atoms with Crippen LogP contribution in [0.4, 0.5) is 5.69 Å². The topological polar surface area (TPSA) is 89.4 Å². The van der Waals surface area contributed by atoms with Crippen LogP contribution in [0.2, 0.25) is 0 Å². The van der Waals surface area contributed by atoms with Gasteiger partial charge in [-0.1, -0.05) is 12.1 Å². The Labute approximate surface area is 95.2 Å². The van der Waals surface area contributed by atoms with Crippen LogP contribution >= 0.6 is 15.9 Å². The van der Waals surface area contributed by atoms with Gasteiger partial charge in [-0.05, 0) is 28.9 Å². The van der Waals surface area contributed by atoms with E-state index >= 15 is 0 Å². The molecule has 1 aromatic carbocycles. The molecular weight excluding hydrogens is 264 g/mol. The highest BCUT2D eigenvalue weighted by molar-refractivity contribution is 9.10. The maximum absolute atomic E-state index is 10.6. The van der Waals surface area contributed by atoms with Crippen molar-refractivity contribution in [2.75, 3.05) is 6.54 Å². The summed E-state index contributed by atoms with van der Waals surface area (Å²) < 4.78 is 0.316. The molecule has 1 atom stereocenters. The van der Waals surface area contributed by atoms with E-state index in [2.05, 4.69) is 15.9 Å². The van der Waals surface area contributed by atoms with Crippen LogP contribution in [0.15, 0.2) is 22.7 Å². The van der Waals surface area contributed by atoms with E-state index < -0.39 is 11.0 Å². The molecule has 1 rings (SSSR count). The zero-order chi connectivity index (χ0) is 11.4. The number of hydrogen-bond acceptors (Lipinski definition) is 4. The molecule has 0 saturated heterocycles. The Hall–Kier alpha value is -0.980. The van der Waals surface area contributed by atoms with Crippen molar-refractivity contribution < 1.29 is 10.0 Å². The summed E-state index contributed by atoms with van der Waals surface area (Å²) in [6, 6.07) is 4.55. The normalized spacial score (nSPS) is 12.5. The third-order valence-corrected chi connectivity index (χ3v) is 2.87. The lowest BCUT2D eigenvalue weighted by atomic mass is 10.1. The predicted octanol–water partition coefficient (Wildman–Crippen LogP) is 1.74. The first-order valence-corrected chi connectivity index (χ1v) is 5.18. The van der Waals surface area contributed by atoms with E-state index in [-0.39, 0.29) is 5.69 Å². The summed E-state index contributed by atoms with van der Waals surface area (Å²) in [5.41, 5.74) is 5.75. The van der Waals surface area contributed by atoms with E-state index in [1.54, 1.807) is 6.07 Å². The van der Waals surface area contributed by atoms with Gasteiger partial charge in [0.2, 0.25) is 0 Å². The molecule has 0 aliphatic heterocycles. The predicted molar refractivity (Wildman–Crippen MR) is 59.4 cm³/mol. The smallest absolute Gasteiger partial charge is 0.283 e. The molecule has 0 bridgehead atoms. The van der Waals surface area contributed by atoms with Crippen LogP contribution in [0.1, 0.15) is 18.1 Å². The molecule has 0 heterocycles. The molecule has 0 amide bonds. The zero-order valence-electron chi connectivity index (χ0n) is 7.89. The van der Waals surface area contributed by atoms with E-state index in [1.807, 2.05) is 0 Å². The number of rotatable bonds is 4. The monoisotopic (exact) mass is 274 g/mol. The maximum Gasteiger partial charge on any atom is 0.283 e. The fourth-order valence-corrected chi connectivity index (χ4v) is 1.92. The van der Waals surface area contributed by atoms with Crippen molar-refractivity contribution in [1.82, 2.24) is 0 Å². The Morgan fingerprint density at radius 1 is 1.60 bits per heavy atom. The van der Waals surface area contributed by atoms with Gasteiger partial charge >= 0.3 is 0 Å². The summed E-state index contributed by atoms with van der Waals surface area (Å²) in [5, 5.41) is 20.3. The Bertz CT molecular complexity index is 370. The van der Waals surface area contributed by atoms with E-state index in [4.69, 9.17) is 5.73 Å². The first kappa shape index (κ1) is 12.1. The second-order valence-electron chi connectivity index (χ2n) is 3.03. The molecule has 0 aliphatic carbocycles. The summed E-state index contributed by atoms with van der Waals surface area (Å²) in [7, 11) is 0. The summed E-state index contributed by atoms with van der Waals surface area (Å²) in [6.45, 7) is 0.330. The molecule has 0 radical (unpaired) electrons. The SMILES string of the molecule is NCC[C@@H](O)c1cccc([N+](=O)[O-])c1Br. The second-order valence-corrected chi connectivity index (χ2v) is 3.82. The van der Waals surface area contributed by atoms with E-state index in [1.165, 1.54) is 12.1 Å². The van der Waals surface area contributed by atoms with Crippen molar-refractivity contribution in [2.24, 2.45) is 5.73 Å². The van der Waals surface area contributed by atoms with Gasteiger partial charge in [0.1, 0.15) is 4.47 Å². The number of nitrogens with two attached hydrogens (primary N) is 1. The Balaban J connectivity index is 3.09. The van der Waals surface area contributed by atoms with Gasteiger partial charge in [0, 0.05) is 11.6 Å². The number of halogens is 1. The molecular formula is C9H11BrN2O3. The van der Waals surface area contributed by atoms with Gasteiger partial charge in [-0.15, -0.1) is 0 Å². The van der Waals surface area contributed by atoms with Crippen LogP contribution in [-0.4, -0.2) is 16.6 Å². The highest BCUT2D eigenvalue weighted by Gasteiger charge is 2.18. The van der Waals surface area contributed by atoms with Crippen molar-refractivity contribution in [2.45, 2.75) is 12.5 Å². The van der Waals surface area contributed by atoms with Crippen LogP contribution in [0, 0.1) is 10.1 Å². The van der Waals surface area contributed by atoms with Gasteiger partial charge in [-0.25, -0.2) is 0 Å². The molecule has 0 spiro atoms. The van der Waals surface area contributed by atoms with Crippen molar-refractivity contribution in [1.29, 1.82) is 0 Å². The van der Waals surface area contributed by atoms with Gasteiger partial charge in [-0.2, -0.15) is 0 Å². The van der Waals surface area contributed by atoms with E-state index in [0.717, 1.165) is 0 Å². The van der Waals surface area contributed by atoms with Crippen LogP contribution < -0.4 is 5.73 Å². The molecule has 82 valence electrons. The van der Waals surface area contributed by atoms with Crippen LogP contribution in [0.3, 0.4) is 0 Å². The molecule has 0 aliphatic rings. The largest absolute Gasteiger partial charge is 0.388 e. The van der Waals surface area contributed by atoms with Crippen LogP contribution in [0.5, 0.6) is 0 Å². The molecule has 15 heavy (non-hydrogen) atoms. The zero-order valence-corrected chi connectivity index (χ0v) is 9.48. The number of nitro groups is 1. The Morgan fingerprint density at radius 2 is 2.27 bits per heavy atom. The molecule has 5 nitrogen and oxygen atoms in total. The average molecular weight is 275 g/mol. The van der Waals surface area contributed by atoms with Crippen molar-refractivity contribution in [3.63, 3.8) is 0 Å². The van der Waals surface area contributed by atoms with Crippen LogP contribution in [0.25, 0.3) is 0 Å². The summed E-state index contributed by atoms with van der Waals surface area (Å²) >= 11 is 3.11. The number of nitrogens with zero attached hydrogens (tertiary/aromatic N) is 1. The van der Waals surface area contributed by atoms with E-state index in [9.17, 15) is 15.2 Å². The maximum atomic E-state index is 10.6. The number of aliphatic hydroxyl groups excluding tert-OH is 1. The molecule has 0 unspecified atom stereocenters. The third-order valence-electron chi connectivity index (χ3n) is 2.00. The lowest BCUT2D eigenvalue weighted by molar-refractivity contribution is -0.385. The Morgan fingerprint density at radius 3 is 2.80 bits per heavy atom. The number of nitro benzene ring substituents is 1. The minimum absolute atomic E-state index is 0.0522. The van der Waals surface area contributed by atoms with Gasteiger partial charge in [-0.3, -0.25) is 10.1 Å². The summed E-state index contributed by atoms with van der Waals surface area (Å²) in [6.07, 6.45) is -0.399. The minimum atomic E-state index is -0.774. The van der Waals surface area contributed by atoms with E-state index in [0.29, 0.717) is 23.0 Å². The Kier molecular flexibility index (Phi) is 4.19. The lowest BCUT2D eigenvalue weighted by Gasteiger charge is -2.11. The standard InChI is InChI=1S/C9H11BrN2O3/c10-9-6(8(13)4-5-11)2-1-3-7(9)12(14)15/h1-3,8,13H,4-5,11H2/t8-/m1/s1. The fourth-order valence-electron chi connectivity index (χ4n) is 1.25. The number of hydrogen-bond donors (Lipinski definition) is 2. The number of aliphatic hydroxyl groups is 1. The molecule has 6 heteroatoms. The average Bonchev–Trinajstić information content (AvgIpc) is 2.17. The lowest BCUT2D eigenvalue weighted by Crippen LogP contribution is -2.07. The van der Waals surface area contributed by atoms with Crippen LogP contribution in [-0.2, 0) is 0 Å². The van der Waals surface area contributed by atoms with Crippen molar-refractivity contribution in [3.05, 3.63) is 38.3 Å². The van der Waals surface area contributed by atoms with Gasteiger partial charge in [0.15, 0.2) is 0 Å². The first-order chi connectivity index (χ1) is 7.07. The summed E-state index contributed by atoms with van der Waals surface area (Å²) in [5.74, 6) is 0. The minimum Gasteiger partial charge on any atom is -0.388 e. The summed E-state index contributed by atoms with van der Waals surface area (Å²) in [4.78, 5) is 10.1. The quantitative estimate of drug-likeness (QED) is 0.647. The molecule has 1 aromatic rings.